The van der Waals surface area contributed by atoms with Crippen molar-refractivity contribution in [3.63, 3.8) is 0 Å². The van der Waals surface area contributed by atoms with Crippen molar-refractivity contribution in [3.05, 3.63) is 18.2 Å². The first kappa shape index (κ1) is 8.27. The molecule has 0 saturated heterocycles. The van der Waals surface area contributed by atoms with E-state index in [9.17, 15) is 4.79 Å². The molecule has 0 unspecified atom stereocenters. The summed E-state index contributed by atoms with van der Waals surface area (Å²) in [4.78, 5) is 14.1. The maximum absolute atomic E-state index is 10.5. The molecule has 1 aromatic heterocycles. The monoisotopic (exact) mass is 165 g/mol. The lowest BCUT2D eigenvalue weighted by Crippen LogP contribution is -2.08. The van der Waals surface area contributed by atoms with Crippen LogP contribution in [0.5, 0.6) is 0 Å². The molecular formula is C7H7N3O2. The molecule has 0 fully saturated rings. The summed E-state index contributed by atoms with van der Waals surface area (Å²) in [6.07, 6.45) is 3.23. The zero-order chi connectivity index (χ0) is 8.97. The number of aromatic nitrogens is 2. The lowest BCUT2D eigenvalue weighted by molar-refractivity contribution is 0.0678. The summed E-state index contributed by atoms with van der Waals surface area (Å²) < 4.78 is 1.44. The van der Waals surface area contributed by atoms with Crippen LogP contribution in [-0.4, -0.2) is 20.6 Å². The van der Waals surface area contributed by atoms with Crippen LogP contribution >= 0.6 is 0 Å². The Hall–Kier alpha value is -1.83. The Balaban J connectivity index is 2.79. The molecule has 0 aliphatic carbocycles. The van der Waals surface area contributed by atoms with E-state index in [1.807, 2.05) is 6.07 Å². The van der Waals surface area contributed by atoms with Crippen molar-refractivity contribution < 1.29 is 9.90 Å². The summed E-state index contributed by atoms with van der Waals surface area (Å²) >= 11 is 0. The zero-order valence-electron chi connectivity index (χ0n) is 6.27. The normalized spacial score (nSPS) is 9.25. The van der Waals surface area contributed by atoms with Gasteiger partial charge in [-0.2, -0.15) is 5.26 Å². The number of rotatable bonds is 3. The summed E-state index contributed by atoms with van der Waals surface area (Å²) in [5.74, 6) is -1.09. The van der Waals surface area contributed by atoms with Crippen LogP contribution in [0, 0.1) is 11.3 Å². The molecule has 0 amide bonds. The number of hydrogen-bond acceptors (Lipinski definition) is 3. The Morgan fingerprint density at radius 1 is 1.83 bits per heavy atom. The lowest BCUT2D eigenvalue weighted by atomic mass is 10.4. The van der Waals surface area contributed by atoms with Crippen molar-refractivity contribution in [2.75, 3.05) is 0 Å². The van der Waals surface area contributed by atoms with Crippen molar-refractivity contribution in [2.24, 2.45) is 0 Å². The SMILES string of the molecule is N#CCCn1ccnc1C(=O)O. The number of imidazole rings is 1. The van der Waals surface area contributed by atoms with Crippen LogP contribution in [0.3, 0.4) is 0 Å². The first-order valence-electron chi connectivity index (χ1n) is 3.37. The van der Waals surface area contributed by atoms with Gasteiger partial charge in [0.1, 0.15) is 0 Å². The molecular weight excluding hydrogens is 158 g/mol. The van der Waals surface area contributed by atoms with Crippen molar-refractivity contribution in [1.82, 2.24) is 9.55 Å². The van der Waals surface area contributed by atoms with Gasteiger partial charge in [0.15, 0.2) is 0 Å². The predicted octanol–water partition coefficient (Wildman–Crippen LogP) is 0.495. The highest BCUT2D eigenvalue weighted by molar-refractivity contribution is 5.83. The fourth-order valence-corrected chi connectivity index (χ4v) is 0.858. The molecule has 0 atom stereocenters. The number of nitrogens with zero attached hydrogens (tertiary/aromatic N) is 3. The van der Waals surface area contributed by atoms with Crippen molar-refractivity contribution in [2.45, 2.75) is 13.0 Å². The molecule has 0 aliphatic rings. The molecule has 5 nitrogen and oxygen atoms in total. The van der Waals surface area contributed by atoms with Crippen LogP contribution in [0.2, 0.25) is 0 Å². The quantitative estimate of drug-likeness (QED) is 0.707. The Morgan fingerprint density at radius 2 is 2.58 bits per heavy atom. The molecule has 1 aromatic rings. The van der Waals surface area contributed by atoms with Gasteiger partial charge in [-0.05, 0) is 0 Å². The molecule has 0 radical (unpaired) electrons. The molecule has 1 rings (SSSR count). The van der Waals surface area contributed by atoms with E-state index in [4.69, 9.17) is 10.4 Å². The zero-order valence-corrected chi connectivity index (χ0v) is 6.27. The van der Waals surface area contributed by atoms with Crippen LogP contribution in [0.25, 0.3) is 0 Å². The minimum Gasteiger partial charge on any atom is -0.475 e. The third-order valence-electron chi connectivity index (χ3n) is 1.37. The molecule has 1 N–H and O–H groups in total. The average molecular weight is 165 g/mol. The maximum atomic E-state index is 10.5. The standard InChI is InChI=1S/C7H7N3O2/c8-2-1-4-10-5-3-9-6(10)7(11)12/h3,5H,1,4H2,(H,11,12). The number of carbonyl (C=O) groups is 1. The van der Waals surface area contributed by atoms with Crippen LogP contribution in [0.1, 0.15) is 17.0 Å². The first-order chi connectivity index (χ1) is 5.75. The highest BCUT2D eigenvalue weighted by atomic mass is 16.4. The Kier molecular flexibility index (Phi) is 2.43. The molecule has 12 heavy (non-hydrogen) atoms. The molecule has 0 bridgehead atoms. The largest absolute Gasteiger partial charge is 0.475 e. The molecule has 0 saturated carbocycles. The van der Waals surface area contributed by atoms with Crippen LogP contribution in [-0.2, 0) is 6.54 Å². The molecule has 5 heteroatoms. The van der Waals surface area contributed by atoms with Gasteiger partial charge in [0.05, 0.1) is 12.5 Å². The highest BCUT2D eigenvalue weighted by Gasteiger charge is 2.09. The number of aryl methyl sites for hydroxylation is 1. The topological polar surface area (TPSA) is 78.9 Å². The number of carboxylic acid groups (broad SMARTS) is 1. The second kappa shape index (κ2) is 3.53. The third kappa shape index (κ3) is 1.61. The summed E-state index contributed by atoms with van der Waals surface area (Å²) in [6, 6.07) is 1.93. The third-order valence-corrected chi connectivity index (χ3v) is 1.37. The van der Waals surface area contributed by atoms with E-state index in [2.05, 4.69) is 4.98 Å². The molecule has 0 aromatic carbocycles. The number of hydrogen-bond donors (Lipinski definition) is 1. The molecule has 0 aliphatic heterocycles. The Morgan fingerprint density at radius 3 is 3.17 bits per heavy atom. The van der Waals surface area contributed by atoms with E-state index < -0.39 is 5.97 Å². The average Bonchev–Trinajstić information content (AvgIpc) is 2.48. The summed E-state index contributed by atoms with van der Waals surface area (Å²) in [5, 5.41) is 16.9. The molecule has 0 spiro atoms. The van der Waals surface area contributed by atoms with E-state index in [1.54, 1.807) is 6.20 Å². The van der Waals surface area contributed by atoms with Gasteiger partial charge in [-0.3, -0.25) is 0 Å². The van der Waals surface area contributed by atoms with Gasteiger partial charge in [0.25, 0.3) is 0 Å². The van der Waals surface area contributed by atoms with Gasteiger partial charge < -0.3 is 9.67 Å². The van der Waals surface area contributed by atoms with Crippen LogP contribution in [0.4, 0.5) is 0 Å². The van der Waals surface area contributed by atoms with E-state index >= 15 is 0 Å². The summed E-state index contributed by atoms with van der Waals surface area (Å²) in [7, 11) is 0. The number of carboxylic acids is 1. The van der Waals surface area contributed by atoms with Crippen molar-refractivity contribution >= 4 is 5.97 Å². The maximum Gasteiger partial charge on any atom is 0.372 e. The van der Waals surface area contributed by atoms with Crippen LogP contribution in [0.15, 0.2) is 12.4 Å². The predicted molar refractivity (Wildman–Crippen MR) is 39.4 cm³/mol. The Bertz CT molecular complexity index is 324. The van der Waals surface area contributed by atoms with E-state index in [-0.39, 0.29) is 12.2 Å². The summed E-state index contributed by atoms with van der Waals surface area (Å²) in [5.41, 5.74) is 0. The van der Waals surface area contributed by atoms with Gasteiger partial charge in [0, 0.05) is 18.9 Å². The minimum absolute atomic E-state index is 0.0229. The number of nitriles is 1. The second-order valence-corrected chi connectivity index (χ2v) is 2.16. The highest BCUT2D eigenvalue weighted by Crippen LogP contribution is 1.98. The number of aromatic carboxylic acids is 1. The van der Waals surface area contributed by atoms with E-state index in [1.165, 1.54) is 10.8 Å². The van der Waals surface area contributed by atoms with Crippen molar-refractivity contribution in [1.29, 1.82) is 5.26 Å². The molecule has 62 valence electrons. The Labute approximate surface area is 68.9 Å². The first-order valence-corrected chi connectivity index (χ1v) is 3.37. The minimum atomic E-state index is -1.07. The van der Waals surface area contributed by atoms with Gasteiger partial charge >= 0.3 is 5.97 Å². The smallest absolute Gasteiger partial charge is 0.372 e. The molecule has 1 heterocycles. The van der Waals surface area contributed by atoms with Gasteiger partial charge in [-0.1, -0.05) is 0 Å². The summed E-state index contributed by atoms with van der Waals surface area (Å²) in [6.45, 7) is 0.373. The lowest BCUT2D eigenvalue weighted by Gasteiger charge is -1.99. The van der Waals surface area contributed by atoms with Gasteiger partial charge in [0.2, 0.25) is 5.82 Å². The van der Waals surface area contributed by atoms with Gasteiger partial charge in [-0.15, -0.1) is 0 Å². The van der Waals surface area contributed by atoms with Crippen LogP contribution < -0.4 is 0 Å². The fourth-order valence-electron chi connectivity index (χ4n) is 0.858. The van der Waals surface area contributed by atoms with Crippen molar-refractivity contribution in [3.8, 4) is 6.07 Å². The van der Waals surface area contributed by atoms with E-state index in [0.717, 1.165) is 0 Å². The second-order valence-electron chi connectivity index (χ2n) is 2.16. The van der Waals surface area contributed by atoms with E-state index in [0.29, 0.717) is 6.54 Å². The van der Waals surface area contributed by atoms with Gasteiger partial charge in [-0.25, -0.2) is 9.78 Å². The fraction of sp³-hybridized carbons (Fsp3) is 0.286.